The van der Waals surface area contributed by atoms with E-state index in [0.29, 0.717) is 5.69 Å². The number of aromatic nitrogens is 1. The molecular weight excluding hydrogens is 769 g/mol. The SMILES string of the molecule is [C-]#[N+]c1cc2c3cc4ccc(-c5ccc6oc7cc8ccccc8cc7c6c5)cc4cc3n3c4cc5cc(-c6ccc7oc8cc9ccccc9cc8c7c6)ccc5cc4c(c1)c23. The summed E-state index contributed by atoms with van der Waals surface area (Å²) in [5.41, 5.74) is 12.3. The molecule has 288 valence electrons. The van der Waals surface area contributed by atoms with Crippen molar-refractivity contribution in [3.05, 3.63) is 193 Å². The molecule has 0 aliphatic carbocycles. The molecular formula is C59H30N2O2. The van der Waals surface area contributed by atoms with Crippen LogP contribution in [0.4, 0.5) is 5.69 Å². The molecule has 0 spiro atoms. The fraction of sp³-hybridized carbons (Fsp3) is 0. The minimum atomic E-state index is 0.653. The van der Waals surface area contributed by atoms with Gasteiger partial charge in [0.15, 0.2) is 5.69 Å². The maximum atomic E-state index is 8.07. The van der Waals surface area contributed by atoms with Gasteiger partial charge in [0.25, 0.3) is 0 Å². The third kappa shape index (κ3) is 4.58. The summed E-state index contributed by atoms with van der Waals surface area (Å²) in [5.74, 6) is 0. The highest BCUT2D eigenvalue weighted by Gasteiger charge is 2.21. The van der Waals surface area contributed by atoms with Gasteiger partial charge in [0.1, 0.15) is 22.3 Å². The fourth-order valence-corrected chi connectivity index (χ4v) is 10.7. The van der Waals surface area contributed by atoms with Gasteiger partial charge in [0.2, 0.25) is 0 Å². The maximum absolute atomic E-state index is 8.07. The summed E-state index contributed by atoms with van der Waals surface area (Å²) in [6.45, 7) is 8.07. The molecule has 15 aromatic rings. The molecule has 63 heavy (non-hydrogen) atoms. The van der Waals surface area contributed by atoms with Crippen molar-refractivity contribution in [2.45, 2.75) is 0 Å². The predicted octanol–water partition coefficient (Wildman–Crippen LogP) is 17.1. The first-order chi connectivity index (χ1) is 31.1. The fourth-order valence-electron chi connectivity index (χ4n) is 10.7. The van der Waals surface area contributed by atoms with E-state index < -0.39 is 0 Å². The minimum absolute atomic E-state index is 0.653. The zero-order valence-electron chi connectivity index (χ0n) is 33.5. The van der Waals surface area contributed by atoms with Crippen molar-refractivity contribution >= 4 is 131 Å². The number of rotatable bonds is 2. The van der Waals surface area contributed by atoms with Crippen LogP contribution in [-0.4, -0.2) is 4.40 Å². The van der Waals surface area contributed by atoms with Crippen LogP contribution in [0.15, 0.2) is 191 Å². The first kappa shape index (κ1) is 33.1. The lowest BCUT2D eigenvalue weighted by Gasteiger charge is -2.08. The van der Waals surface area contributed by atoms with Gasteiger partial charge in [-0.15, -0.1) is 0 Å². The largest absolute Gasteiger partial charge is 0.456 e. The van der Waals surface area contributed by atoms with Gasteiger partial charge in [-0.1, -0.05) is 84.9 Å². The van der Waals surface area contributed by atoms with E-state index in [1.165, 1.54) is 43.1 Å². The number of fused-ring (bicyclic) bond motifs is 16. The Morgan fingerprint density at radius 3 is 1.19 bits per heavy atom. The summed E-state index contributed by atoms with van der Waals surface area (Å²) >= 11 is 0. The second kappa shape index (κ2) is 11.8. The van der Waals surface area contributed by atoms with Crippen molar-refractivity contribution in [2.75, 3.05) is 0 Å². The van der Waals surface area contributed by atoms with E-state index in [9.17, 15) is 0 Å². The third-order valence-electron chi connectivity index (χ3n) is 13.8. The van der Waals surface area contributed by atoms with Gasteiger partial charge in [-0.3, -0.25) is 0 Å². The zero-order chi connectivity index (χ0) is 41.1. The van der Waals surface area contributed by atoms with E-state index in [1.54, 1.807) is 0 Å². The van der Waals surface area contributed by atoms with E-state index >= 15 is 0 Å². The second-order valence-electron chi connectivity index (χ2n) is 17.2. The van der Waals surface area contributed by atoms with Crippen LogP contribution in [0.3, 0.4) is 0 Å². The number of benzene rings is 11. The molecule has 0 radical (unpaired) electrons. The molecule has 4 aromatic heterocycles. The summed E-state index contributed by atoms with van der Waals surface area (Å²) in [7, 11) is 0. The van der Waals surface area contributed by atoms with Crippen LogP contribution in [0, 0.1) is 6.57 Å². The summed E-state index contributed by atoms with van der Waals surface area (Å²) in [4.78, 5) is 3.96. The highest BCUT2D eigenvalue weighted by molar-refractivity contribution is 6.27. The summed E-state index contributed by atoms with van der Waals surface area (Å²) in [6, 6.07) is 65.8. The van der Waals surface area contributed by atoms with Crippen molar-refractivity contribution in [3.8, 4) is 22.3 Å². The molecule has 4 heteroatoms. The number of furan rings is 2. The number of hydrogen-bond acceptors (Lipinski definition) is 2. The molecule has 0 amide bonds. The van der Waals surface area contributed by atoms with Gasteiger partial charge < -0.3 is 13.2 Å². The molecule has 15 rings (SSSR count). The molecule has 4 nitrogen and oxygen atoms in total. The Kier molecular flexibility index (Phi) is 6.20. The van der Waals surface area contributed by atoms with Gasteiger partial charge in [-0.2, -0.15) is 0 Å². The molecule has 0 atom stereocenters. The Labute approximate surface area is 358 Å². The molecule has 0 aliphatic rings. The monoisotopic (exact) mass is 798 g/mol. The quantitative estimate of drug-likeness (QED) is 0.163. The maximum Gasteiger partial charge on any atom is 0.188 e. The van der Waals surface area contributed by atoms with Crippen LogP contribution in [-0.2, 0) is 0 Å². The van der Waals surface area contributed by atoms with Crippen molar-refractivity contribution < 1.29 is 8.83 Å². The molecule has 0 bridgehead atoms. The Morgan fingerprint density at radius 2 is 0.714 bits per heavy atom. The molecule has 4 heterocycles. The highest BCUT2D eigenvalue weighted by atomic mass is 16.3. The van der Waals surface area contributed by atoms with Crippen LogP contribution in [0.1, 0.15) is 0 Å². The lowest BCUT2D eigenvalue weighted by molar-refractivity contribution is 0.669. The van der Waals surface area contributed by atoms with Gasteiger partial charge in [0.05, 0.1) is 23.1 Å². The molecule has 0 saturated carbocycles. The van der Waals surface area contributed by atoms with E-state index in [2.05, 4.69) is 191 Å². The standard InChI is InChI=1S/C59H30N2O2/c1-60-44-30-51-45-20-40-12-10-36(38-14-16-55-47(24-38)49-22-32-6-2-4-8-34(32)28-57(49)62-55)18-42(40)26-53(45)61-54-27-43-19-37(11-13-41(43)21-46(54)52(31-44)59(51)61)39-15-17-56-48(25-39)50-23-33-7-3-5-9-35(33)29-58(50)63-56/h2-31H. The number of hydrogen-bond donors (Lipinski definition) is 0. The molecule has 0 saturated heterocycles. The Bertz CT molecular complexity index is 4290. The first-order valence-electron chi connectivity index (χ1n) is 21.3. The summed E-state index contributed by atoms with van der Waals surface area (Å²) in [5, 5.41) is 18.5. The third-order valence-corrected chi connectivity index (χ3v) is 13.8. The molecule has 0 unspecified atom stereocenters. The van der Waals surface area contributed by atoms with E-state index in [1.807, 2.05) is 0 Å². The van der Waals surface area contributed by atoms with Crippen LogP contribution in [0.25, 0.3) is 152 Å². The van der Waals surface area contributed by atoms with Crippen molar-refractivity contribution in [1.82, 2.24) is 4.40 Å². The minimum Gasteiger partial charge on any atom is -0.456 e. The van der Waals surface area contributed by atoms with Crippen LogP contribution >= 0.6 is 0 Å². The van der Waals surface area contributed by atoms with Crippen molar-refractivity contribution in [1.29, 1.82) is 0 Å². The van der Waals surface area contributed by atoms with Crippen molar-refractivity contribution in [2.24, 2.45) is 0 Å². The second-order valence-corrected chi connectivity index (χ2v) is 17.2. The number of nitrogens with zero attached hydrogens (tertiary/aromatic N) is 2. The summed E-state index contributed by atoms with van der Waals surface area (Å²) < 4.78 is 15.1. The van der Waals surface area contributed by atoms with E-state index in [4.69, 9.17) is 15.4 Å². The van der Waals surface area contributed by atoms with Gasteiger partial charge in [0, 0.05) is 32.3 Å². The smallest absolute Gasteiger partial charge is 0.188 e. The first-order valence-corrected chi connectivity index (χ1v) is 21.3. The van der Waals surface area contributed by atoms with E-state index in [0.717, 1.165) is 104 Å². The van der Waals surface area contributed by atoms with Crippen LogP contribution in [0.5, 0.6) is 0 Å². The average molecular weight is 799 g/mol. The Balaban J connectivity index is 0.910. The van der Waals surface area contributed by atoms with Gasteiger partial charge in [-0.05, 0) is 173 Å². The average Bonchev–Trinajstić information content (AvgIpc) is 4.06. The zero-order valence-corrected chi connectivity index (χ0v) is 33.5. The highest BCUT2D eigenvalue weighted by Crippen LogP contribution is 2.45. The van der Waals surface area contributed by atoms with Gasteiger partial charge in [-0.25, -0.2) is 4.85 Å². The van der Waals surface area contributed by atoms with Crippen molar-refractivity contribution in [3.63, 3.8) is 0 Å². The topological polar surface area (TPSA) is 35.0 Å². The summed E-state index contributed by atoms with van der Waals surface area (Å²) in [6.07, 6.45) is 0. The van der Waals surface area contributed by atoms with Crippen LogP contribution < -0.4 is 0 Å². The molecule has 0 aliphatic heterocycles. The normalized spacial score (nSPS) is 12.4. The molecule has 0 fully saturated rings. The van der Waals surface area contributed by atoms with Crippen LogP contribution in [0.2, 0.25) is 0 Å². The Hall–Kier alpha value is -8.65. The van der Waals surface area contributed by atoms with E-state index in [-0.39, 0.29) is 0 Å². The van der Waals surface area contributed by atoms with Gasteiger partial charge >= 0.3 is 0 Å². The molecule has 11 aromatic carbocycles. The lowest BCUT2D eigenvalue weighted by atomic mass is 9.97. The lowest BCUT2D eigenvalue weighted by Crippen LogP contribution is -1.84. The predicted molar refractivity (Wildman–Crippen MR) is 263 cm³/mol. The Morgan fingerprint density at radius 1 is 0.317 bits per heavy atom. The molecule has 0 N–H and O–H groups in total.